The van der Waals surface area contributed by atoms with Gasteiger partial charge in [0.15, 0.2) is 0 Å². The maximum absolute atomic E-state index is 13.0. The Hall–Kier alpha value is -3.22. The van der Waals surface area contributed by atoms with Crippen molar-refractivity contribution >= 4 is 11.0 Å². The third-order valence-electron chi connectivity index (χ3n) is 4.07. The van der Waals surface area contributed by atoms with Crippen molar-refractivity contribution in [2.45, 2.75) is 12.7 Å². The number of aromatic nitrogens is 4. The van der Waals surface area contributed by atoms with Crippen LogP contribution in [0.5, 0.6) is 0 Å². The molecule has 3 heterocycles. The Balaban J connectivity index is 1.75. The van der Waals surface area contributed by atoms with Gasteiger partial charge in [-0.1, -0.05) is 18.2 Å². The number of fused-ring (bicyclic) bond motifs is 1. The Morgan fingerprint density at radius 2 is 1.85 bits per heavy atom. The quantitative estimate of drug-likeness (QED) is 0.542. The number of pyridine rings is 2. The van der Waals surface area contributed by atoms with Crippen LogP contribution in [0.3, 0.4) is 0 Å². The predicted octanol–water partition coefficient (Wildman–Crippen LogP) is 4.56. The summed E-state index contributed by atoms with van der Waals surface area (Å²) in [5.74, 6) is 0. The van der Waals surface area contributed by atoms with E-state index in [-0.39, 0.29) is 0 Å². The Bertz CT molecular complexity index is 1060. The van der Waals surface area contributed by atoms with Crippen LogP contribution in [0.15, 0.2) is 67.4 Å². The van der Waals surface area contributed by atoms with E-state index in [1.807, 2.05) is 16.7 Å². The highest BCUT2D eigenvalue weighted by molar-refractivity contribution is 5.79. The molecule has 1 aromatic carbocycles. The smallest absolute Gasteiger partial charge is 0.326 e. The number of hydrogen-bond acceptors (Lipinski definition) is 3. The van der Waals surface area contributed by atoms with Crippen molar-refractivity contribution in [3.8, 4) is 11.3 Å². The summed E-state index contributed by atoms with van der Waals surface area (Å²) in [4.78, 5) is 12.7. The first-order valence-corrected chi connectivity index (χ1v) is 7.88. The van der Waals surface area contributed by atoms with Crippen LogP contribution in [-0.4, -0.2) is 19.5 Å². The van der Waals surface area contributed by atoms with Crippen LogP contribution in [0.4, 0.5) is 13.2 Å². The van der Waals surface area contributed by atoms with Crippen molar-refractivity contribution < 1.29 is 13.2 Å². The van der Waals surface area contributed by atoms with Crippen LogP contribution in [0.25, 0.3) is 22.3 Å². The van der Waals surface area contributed by atoms with Gasteiger partial charge in [0, 0.05) is 18.0 Å². The summed E-state index contributed by atoms with van der Waals surface area (Å²) in [6.45, 7) is 0.566. The van der Waals surface area contributed by atoms with Gasteiger partial charge in [-0.05, 0) is 29.8 Å². The number of alkyl halides is 3. The molecule has 0 saturated heterocycles. The van der Waals surface area contributed by atoms with E-state index < -0.39 is 11.7 Å². The number of rotatable bonds is 3. The number of hydrogen-bond donors (Lipinski definition) is 0. The molecule has 7 heteroatoms. The molecule has 0 amide bonds. The monoisotopic (exact) mass is 354 g/mol. The molecule has 3 aromatic heterocycles. The van der Waals surface area contributed by atoms with Crippen LogP contribution < -0.4 is 0 Å². The van der Waals surface area contributed by atoms with Gasteiger partial charge in [0.05, 0.1) is 35.8 Å². The maximum Gasteiger partial charge on any atom is 0.416 e. The highest BCUT2D eigenvalue weighted by atomic mass is 19.4. The number of benzene rings is 1. The lowest BCUT2D eigenvalue weighted by Crippen LogP contribution is -2.04. The van der Waals surface area contributed by atoms with E-state index in [9.17, 15) is 13.2 Å². The molecule has 0 saturated carbocycles. The van der Waals surface area contributed by atoms with Crippen molar-refractivity contribution in [1.82, 2.24) is 19.5 Å². The lowest BCUT2D eigenvalue weighted by atomic mass is 10.1. The minimum atomic E-state index is -4.39. The van der Waals surface area contributed by atoms with Crippen molar-refractivity contribution in [2.75, 3.05) is 0 Å². The highest BCUT2D eigenvalue weighted by Crippen LogP contribution is 2.32. The first-order valence-electron chi connectivity index (χ1n) is 7.88. The molecule has 0 aliphatic heterocycles. The van der Waals surface area contributed by atoms with Crippen LogP contribution in [0.1, 0.15) is 11.1 Å². The first kappa shape index (κ1) is 16.3. The van der Waals surface area contributed by atoms with Crippen molar-refractivity contribution in [3.63, 3.8) is 0 Å². The minimum Gasteiger partial charge on any atom is -0.326 e. The summed E-state index contributed by atoms with van der Waals surface area (Å²) < 4.78 is 40.8. The molecule has 0 spiro atoms. The molecule has 0 fully saturated rings. The van der Waals surface area contributed by atoms with Crippen molar-refractivity contribution in [1.29, 1.82) is 0 Å². The fourth-order valence-electron chi connectivity index (χ4n) is 2.79. The van der Waals surface area contributed by atoms with Crippen LogP contribution >= 0.6 is 0 Å². The molecular weight excluding hydrogens is 341 g/mol. The number of imidazole rings is 1. The minimum absolute atomic E-state index is 0.413. The summed E-state index contributed by atoms with van der Waals surface area (Å²) in [5.41, 5.74) is 2.68. The first-order chi connectivity index (χ1) is 12.5. The number of halogens is 3. The molecule has 4 aromatic rings. The Morgan fingerprint density at radius 3 is 2.62 bits per heavy atom. The van der Waals surface area contributed by atoms with E-state index in [2.05, 4.69) is 15.0 Å². The Morgan fingerprint density at radius 1 is 0.962 bits per heavy atom. The predicted molar refractivity (Wildman–Crippen MR) is 91.3 cm³/mol. The summed E-state index contributed by atoms with van der Waals surface area (Å²) in [6.07, 6.45) is 2.34. The molecule has 130 valence electrons. The summed E-state index contributed by atoms with van der Waals surface area (Å²) in [5, 5.41) is 0. The zero-order chi connectivity index (χ0) is 18.1. The second-order valence-electron chi connectivity index (χ2n) is 5.87. The second-order valence-corrected chi connectivity index (χ2v) is 5.87. The SMILES string of the molecule is FC(F)(F)c1cccc(-c2cc3c(cn2)ncn3Cc2cccnc2)c1. The molecule has 0 unspecified atom stereocenters. The summed E-state index contributed by atoms with van der Waals surface area (Å²) in [6, 6.07) is 10.7. The molecule has 0 bridgehead atoms. The van der Waals surface area contributed by atoms with Gasteiger partial charge in [0.25, 0.3) is 0 Å². The normalized spacial score (nSPS) is 11.8. The molecule has 0 atom stereocenters. The fraction of sp³-hybridized carbons (Fsp3) is 0.105. The third kappa shape index (κ3) is 3.15. The Kier molecular flexibility index (Phi) is 3.91. The molecule has 4 rings (SSSR count). The van der Waals surface area contributed by atoms with Gasteiger partial charge in [-0.15, -0.1) is 0 Å². The van der Waals surface area contributed by atoms with Crippen LogP contribution in [0, 0.1) is 0 Å². The van der Waals surface area contributed by atoms with Crippen LogP contribution in [0.2, 0.25) is 0 Å². The van der Waals surface area contributed by atoms with E-state index in [4.69, 9.17) is 0 Å². The Labute approximate surface area is 147 Å². The largest absolute Gasteiger partial charge is 0.416 e. The van der Waals surface area contributed by atoms with Gasteiger partial charge in [-0.2, -0.15) is 13.2 Å². The van der Waals surface area contributed by atoms with Gasteiger partial charge in [-0.3, -0.25) is 9.97 Å². The maximum atomic E-state index is 13.0. The van der Waals surface area contributed by atoms with E-state index in [1.54, 1.807) is 37.1 Å². The van der Waals surface area contributed by atoms with Crippen molar-refractivity contribution in [3.05, 3.63) is 78.5 Å². The topological polar surface area (TPSA) is 43.6 Å². The number of nitrogens with zero attached hydrogens (tertiary/aromatic N) is 4. The summed E-state index contributed by atoms with van der Waals surface area (Å²) >= 11 is 0. The molecule has 0 radical (unpaired) electrons. The fourth-order valence-corrected chi connectivity index (χ4v) is 2.79. The molecule has 0 N–H and O–H groups in total. The lowest BCUT2D eigenvalue weighted by Gasteiger charge is -2.09. The van der Waals surface area contributed by atoms with E-state index >= 15 is 0 Å². The van der Waals surface area contributed by atoms with E-state index in [0.717, 1.165) is 23.2 Å². The van der Waals surface area contributed by atoms with Gasteiger partial charge < -0.3 is 4.57 Å². The molecular formula is C19H13F3N4. The van der Waals surface area contributed by atoms with E-state index in [0.29, 0.717) is 23.3 Å². The second kappa shape index (κ2) is 6.25. The summed E-state index contributed by atoms with van der Waals surface area (Å²) in [7, 11) is 0. The molecule has 26 heavy (non-hydrogen) atoms. The highest BCUT2D eigenvalue weighted by Gasteiger charge is 2.30. The van der Waals surface area contributed by atoms with Crippen molar-refractivity contribution in [2.24, 2.45) is 0 Å². The standard InChI is InChI=1S/C19H13F3N4/c20-19(21,22)15-5-1-4-14(7-15)16-8-18-17(10-24-16)25-12-26(18)11-13-3-2-6-23-9-13/h1-10,12H,11H2. The van der Waals surface area contributed by atoms with E-state index in [1.165, 1.54) is 6.07 Å². The van der Waals surface area contributed by atoms with Gasteiger partial charge in [0.2, 0.25) is 0 Å². The zero-order valence-electron chi connectivity index (χ0n) is 13.5. The van der Waals surface area contributed by atoms with Gasteiger partial charge >= 0.3 is 6.18 Å². The molecule has 4 nitrogen and oxygen atoms in total. The zero-order valence-corrected chi connectivity index (χ0v) is 13.5. The average molecular weight is 354 g/mol. The lowest BCUT2D eigenvalue weighted by molar-refractivity contribution is -0.137. The van der Waals surface area contributed by atoms with Crippen LogP contribution in [-0.2, 0) is 12.7 Å². The average Bonchev–Trinajstić information content (AvgIpc) is 3.04. The van der Waals surface area contributed by atoms with Gasteiger partial charge in [0.1, 0.15) is 5.52 Å². The molecule has 0 aliphatic rings. The van der Waals surface area contributed by atoms with Gasteiger partial charge in [-0.25, -0.2) is 4.98 Å². The molecule has 0 aliphatic carbocycles. The third-order valence-corrected chi connectivity index (χ3v) is 4.07.